The Bertz CT molecular complexity index is 1050. The van der Waals surface area contributed by atoms with Gasteiger partial charge in [0.25, 0.3) is 5.91 Å². The van der Waals surface area contributed by atoms with Gasteiger partial charge in [0.1, 0.15) is 22.2 Å². The third kappa shape index (κ3) is 4.43. The Morgan fingerprint density at radius 2 is 1.86 bits per heavy atom. The topological polar surface area (TPSA) is 125 Å². The Morgan fingerprint density at radius 3 is 2.48 bits per heavy atom. The second kappa shape index (κ2) is 7.52. The lowest BCUT2D eigenvalue weighted by atomic mass is 9.95. The molecule has 0 spiro atoms. The standard InChI is InChI=1S/C17H17F3N4O4S/c18-11-3-10(4-12(19)5-11)17(20)1-2-24(9-17)16(26)14-6-13(7-22-14)29(27,28)23-8-15(21)25/h3-7,22-23H,1-2,8-9H2,(H2,21,25). The average molecular weight is 430 g/mol. The molecule has 12 heteroatoms. The molecule has 2 heterocycles. The number of primary amides is 1. The highest BCUT2D eigenvalue weighted by Gasteiger charge is 2.42. The molecule has 1 aromatic carbocycles. The van der Waals surface area contributed by atoms with Crippen molar-refractivity contribution in [2.75, 3.05) is 19.6 Å². The summed E-state index contributed by atoms with van der Waals surface area (Å²) in [5.74, 6) is -3.42. The van der Waals surface area contributed by atoms with Gasteiger partial charge in [-0.15, -0.1) is 0 Å². The van der Waals surface area contributed by atoms with E-state index in [1.165, 1.54) is 0 Å². The SMILES string of the molecule is NC(=O)CNS(=O)(=O)c1c[nH]c(C(=O)N2CCC(F)(c3cc(F)cc(F)c3)C2)c1. The maximum absolute atomic E-state index is 15.2. The van der Waals surface area contributed by atoms with Crippen LogP contribution in [0.15, 0.2) is 35.4 Å². The molecule has 1 unspecified atom stereocenters. The van der Waals surface area contributed by atoms with E-state index < -0.39 is 52.2 Å². The van der Waals surface area contributed by atoms with Crippen molar-refractivity contribution in [2.45, 2.75) is 17.0 Å². The Hall–Kier alpha value is -2.86. The Kier molecular flexibility index (Phi) is 5.41. The lowest BCUT2D eigenvalue weighted by molar-refractivity contribution is -0.116. The number of nitrogens with two attached hydrogens (primary N) is 1. The highest BCUT2D eigenvalue weighted by atomic mass is 32.2. The summed E-state index contributed by atoms with van der Waals surface area (Å²) in [5, 5.41) is 0. The first-order valence-electron chi connectivity index (χ1n) is 8.41. The van der Waals surface area contributed by atoms with Crippen LogP contribution in [0.3, 0.4) is 0 Å². The minimum atomic E-state index is -4.08. The predicted octanol–water partition coefficient (Wildman–Crippen LogP) is 0.767. The molecule has 2 aromatic rings. The molecule has 29 heavy (non-hydrogen) atoms. The zero-order chi connectivity index (χ0) is 21.4. The summed E-state index contributed by atoms with van der Waals surface area (Å²) < 4.78 is 68.1. The van der Waals surface area contributed by atoms with Crippen LogP contribution in [0.1, 0.15) is 22.5 Å². The van der Waals surface area contributed by atoms with Gasteiger partial charge in [0.05, 0.1) is 13.1 Å². The maximum Gasteiger partial charge on any atom is 0.270 e. The van der Waals surface area contributed by atoms with Crippen molar-refractivity contribution in [3.05, 3.63) is 53.4 Å². The monoisotopic (exact) mass is 430 g/mol. The van der Waals surface area contributed by atoms with Crippen LogP contribution in [0.2, 0.25) is 0 Å². The first kappa shape index (κ1) is 20.9. The van der Waals surface area contributed by atoms with Crippen LogP contribution < -0.4 is 10.5 Å². The van der Waals surface area contributed by atoms with Crippen molar-refractivity contribution in [3.63, 3.8) is 0 Å². The van der Waals surface area contributed by atoms with Gasteiger partial charge in [-0.25, -0.2) is 26.3 Å². The number of carbonyl (C=O) groups is 2. The fourth-order valence-corrected chi connectivity index (χ4v) is 4.05. The van der Waals surface area contributed by atoms with E-state index >= 15 is 4.39 Å². The Labute approximate surface area is 163 Å². The van der Waals surface area contributed by atoms with Gasteiger partial charge < -0.3 is 15.6 Å². The minimum absolute atomic E-state index is 0.0332. The molecule has 0 aliphatic carbocycles. The molecule has 1 saturated heterocycles. The second-order valence-electron chi connectivity index (χ2n) is 6.64. The van der Waals surface area contributed by atoms with Gasteiger partial charge in [-0.1, -0.05) is 0 Å². The third-order valence-corrected chi connectivity index (χ3v) is 5.90. The maximum atomic E-state index is 15.2. The number of rotatable bonds is 6. The summed E-state index contributed by atoms with van der Waals surface area (Å²) in [5.41, 5.74) is 2.42. The zero-order valence-corrected chi connectivity index (χ0v) is 15.7. The number of benzene rings is 1. The quantitative estimate of drug-likeness (QED) is 0.626. The van der Waals surface area contributed by atoms with Gasteiger partial charge in [-0.2, -0.15) is 0 Å². The summed E-state index contributed by atoms with van der Waals surface area (Å²) in [6.45, 7) is -1.10. The number of hydrogen-bond donors (Lipinski definition) is 3. The predicted molar refractivity (Wildman–Crippen MR) is 94.8 cm³/mol. The number of halogens is 3. The summed E-state index contributed by atoms with van der Waals surface area (Å²) in [7, 11) is -4.08. The fourth-order valence-electron chi connectivity index (χ4n) is 3.07. The number of aromatic amines is 1. The van der Waals surface area contributed by atoms with Gasteiger partial charge in [-0.3, -0.25) is 9.59 Å². The molecule has 0 saturated carbocycles. The lowest BCUT2D eigenvalue weighted by Crippen LogP contribution is -2.33. The fraction of sp³-hybridized carbons (Fsp3) is 0.294. The van der Waals surface area contributed by atoms with E-state index in [-0.39, 0.29) is 29.1 Å². The highest BCUT2D eigenvalue weighted by Crippen LogP contribution is 2.37. The lowest BCUT2D eigenvalue weighted by Gasteiger charge is -2.21. The van der Waals surface area contributed by atoms with Crippen molar-refractivity contribution >= 4 is 21.8 Å². The van der Waals surface area contributed by atoms with E-state index in [9.17, 15) is 26.8 Å². The molecular formula is C17H17F3N4O4S. The van der Waals surface area contributed by atoms with Crippen LogP contribution in [-0.2, 0) is 20.5 Å². The molecule has 0 bridgehead atoms. The number of likely N-dealkylation sites (tertiary alicyclic amines) is 1. The summed E-state index contributed by atoms with van der Waals surface area (Å²) in [6.07, 6.45) is 0.866. The zero-order valence-electron chi connectivity index (χ0n) is 14.9. The molecule has 0 radical (unpaired) electrons. The molecule has 1 aliphatic rings. The van der Waals surface area contributed by atoms with Gasteiger partial charge in [-0.05, 0) is 23.8 Å². The van der Waals surface area contributed by atoms with Crippen LogP contribution in [-0.4, -0.2) is 49.8 Å². The Balaban J connectivity index is 1.75. The first-order chi connectivity index (χ1) is 13.5. The number of H-pyrrole nitrogens is 1. The van der Waals surface area contributed by atoms with Crippen LogP contribution in [0.5, 0.6) is 0 Å². The number of carbonyl (C=O) groups excluding carboxylic acids is 2. The average Bonchev–Trinajstić information content (AvgIpc) is 3.27. The van der Waals surface area contributed by atoms with E-state index in [2.05, 4.69) is 4.98 Å². The minimum Gasteiger partial charge on any atom is -0.369 e. The molecule has 1 atom stereocenters. The molecule has 8 nitrogen and oxygen atoms in total. The van der Waals surface area contributed by atoms with E-state index in [0.29, 0.717) is 6.07 Å². The molecule has 3 rings (SSSR count). The summed E-state index contributed by atoms with van der Waals surface area (Å²) in [4.78, 5) is 26.6. The Morgan fingerprint density at radius 1 is 1.21 bits per heavy atom. The molecule has 1 fully saturated rings. The summed E-state index contributed by atoms with van der Waals surface area (Å²) >= 11 is 0. The van der Waals surface area contributed by atoms with Crippen molar-refractivity contribution in [3.8, 4) is 0 Å². The number of amides is 2. The number of hydrogen-bond acceptors (Lipinski definition) is 4. The molecule has 1 aromatic heterocycles. The van der Waals surface area contributed by atoms with E-state index in [0.717, 1.165) is 29.3 Å². The number of sulfonamides is 1. The smallest absolute Gasteiger partial charge is 0.270 e. The van der Waals surface area contributed by atoms with Gasteiger partial charge in [0.2, 0.25) is 15.9 Å². The summed E-state index contributed by atoms with van der Waals surface area (Å²) in [6, 6.07) is 3.41. The number of aromatic nitrogens is 1. The number of nitrogens with zero attached hydrogens (tertiary/aromatic N) is 1. The van der Waals surface area contributed by atoms with E-state index in [1.807, 2.05) is 4.72 Å². The third-order valence-electron chi connectivity index (χ3n) is 4.52. The van der Waals surface area contributed by atoms with Crippen molar-refractivity contribution < 1.29 is 31.2 Å². The van der Waals surface area contributed by atoms with Crippen LogP contribution in [0.4, 0.5) is 13.2 Å². The van der Waals surface area contributed by atoms with Gasteiger partial charge >= 0.3 is 0 Å². The second-order valence-corrected chi connectivity index (χ2v) is 8.41. The van der Waals surface area contributed by atoms with Gasteiger partial charge in [0, 0.05) is 25.2 Å². The molecular weight excluding hydrogens is 413 g/mol. The molecule has 2 amide bonds. The van der Waals surface area contributed by atoms with Crippen LogP contribution in [0, 0.1) is 11.6 Å². The highest BCUT2D eigenvalue weighted by molar-refractivity contribution is 7.89. The number of nitrogens with one attached hydrogen (secondary N) is 2. The normalized spacial score (nSPS) is 19.5. The van der Waals surface area contributed by atoms with E-state index in [1.54, 1.807) is 0 Å². The first-order valence-corrected chi connectivity index (χ1v) is 9.90. The van der Waals surface area contributed by atoms with Crippen LogP contribution >= 0.6 is 0 Å². The van der Waals surface area contributed by atoms with Gasteiger partial charge in [0.15, 0.2) is 5.67 Å². The van der Waals surface area contributed by atoms with E-state index in [4.69, 9.17) is 5.73 Å². The largest absolute Gasteiger partial charge is 0.369 e. The van der Waals surface area contributed by atoms with Crippen molar-refractivity contribution in [1.29, 1.82) is 0 Å². The molecule has 4 N–H and O–H groups in total. The molecule has 156 valence electrons. The van der Waals surface area contributed by atoms with Crippen molar-refractivity contribution in [2.24, 2.45) is 5.73 Å². The van der Waals surface area contributed by atoms with Crippen LogP contribution in [0.25, 0.3) is 0 Å². The number of alkyl halides is 1. The molecule has 1 aliphatic heterocycles. The van der Waals surface area contributed by atoms with Crippen molar-refractivity contribution in [1.82, 2.24) is 14.6 Å².